The van der Waals surface area contributed by atoms with Crippen molar-refractivity contribution in [1.82, 2.24) is 9.29 Å². The Hall–Kier alpha value is -1.19. The van der Waals surface area contributed by atoms with E-state index in [1.807, 2.05) is 0 Å². The molecule has 1 atom stereocenters. The van der Waals surface area contributed by atoms with Gasteiger partial charge in [0.05, 0.1) is 17.2 Å². The van der Waals surface area contributed by atoms with Gasteiger partial charge in [0.1, 0.15) is 0 Å². The summed E-state index contributed by atoms with van der Waals surface area (Å²) in [5.41, 5.74) is 5.66. The number of sulfonamides is 1. The second kappa shape index (κ2) is 4.73. The molecule has 7 nitrogen and oxygen atoms in total. The monoisotopic (exact) mass is 305 g/mol. The van der Waals surface area contributed by atoms with Crippen LogP contribution in [0, 0.1) is 0 Å². The highest BCUT2D eigenvalue weighted by Crippen LogP contribution is 2.24. The fourth-order valence-electron chi connectivity index (χ4n) is 2.01. The zero-order chi connectivity index (χ0) is 14.3. The van der Waals surface area contributed by atoms with Crippen molar-refractivity contribution >= 4 is 25.5 Å². The molecule has 2 heterocycles. The van der Waals surface area contributed by atoms with Crippen LogP contribution < -0.4 is 5.73 Å². The SMILES string of the molecule is CN(C1CCS(=O)(=O)C1)S(=O)(=O)c1ncccc1N. The van der Waals surface area contributed by atoms with Crippen molar-refractivity contribution in [1.29, 1.82) is 0 Å². The van der Waals surface area contributed by atoms with E-state index in [2.05, 4.69) is 4.98 Å². The van der Waals surface area contributed by atoms with Crippen molar-refractivity contribution in [2.24, 2.45) is 0 Å². The van der Waals surface area contributed by atoms with Crippen LogP contribution >= 0.6 is 0 Å². The number of hydrogen-bond donors (Lipinski definition) is 1. The molecule has 0 aliphatic carbocycles. The summed E-state index contributed by atoms with van der Waals surface area (Å²) in [5, 5.41) is -0.234. The van der Waals surface area contributed by atoms with Crippen LogP contribution in [0.1, 0.15) is 6.42 Å². The predicted octanol–water partition coefficient (Wildman–Crippen LogP) is -0.529. The number of pyridine rings is 1. The molecule has 0 saturated carbocycles. The van der Waals surface area contributed by atoms with Crippen LogP contribution in [0.3, 0.4) is 0 Å². The molecule has 0 bridgehead atoms. The third-order valence-corrected chi connectivity index (χ3v) is 6.78. The summed E-state index contributed by atoms with van der Waals surface area (Å²) in [6.07, 6.45) is 1.63. The van der Waals surface area contributed by atoms with E-state index in [1.165, 1.54) is 25.4 Å². The molecule has 1 fully saturated rings. The average Bonchev–Trinajstić information content (AvgIpc) is 2.69. The van der Waals surface area contributed by atoms with Crippen molar-refractivity contribution in [3.05, 3.63) is 18.3 Å². The van der Waals surface area contributed by atoms with E-state index in [9.17, 15) is 16.8 Å². The maximum Gasteiger partial charge on any atom is 0.262 e. The molecule has 0 radical (unpaired) electrons. The highest BCUT2D eigenvalue weighted by atomic mass is 32.2. The van der Waals surface area contributed by atoms with E-state index in [1.54, 1.807) is 0 Å². The molecule has 1 unspecified atom stereocenters. The highest BCUT2D eigenvalue weighted by Gasteiger charge is 2.37. The molecule has 1 aliphatic heterocycles. The molecule has 1 aliphatic rings. The van der Waals surface area contributed by atoms with Gasteiger partial charge in [-0.25, -0.2) is 21.8 Å². The van der Waals surface area contributed by atoms with Gasteiger partial charge in [-0.15, -0.1) is 0 Å². The summed E-state index contributed by atoms with van der Waals surface area (Å²) in [5.74, 6) is -0.148. The second-order valence-corrected chi connectivity index (χ2v) is 8.62. The lowest BCUT2D eigenvalue weighted by Crippen LogP contribution is -2.38. The van der Waals surface area contributed by atoms with Crippen LogP contribution in [0.2, 0.25) is 0 Å². The van der Waals surface area contributed by atoms with E-state index in [0.717, 1.165) is 4.31 Å². The van der Waals surface area contributed by atoms with Gasteiger partial charge in [0.2, 0.25) is 0 Å². The van der Waals surface area contributed by atoms with Gasteiger partial charge in [-0.1, -0.05) is 0 Å². The van der Waals surface area contributed by atoms with Crippen LogP contribution in [-0.2, 0) is 19.9 Å². The molecule has 1 aromatic rings. The lowest BCUT2D eigenvalue weighted by atomic mass is 10.3. The third-order valence-electron chi connectivity index (χ3n) is 3.15. The lowest BCUT2D eigenvalue weighted by molar-refractivity contribution is 0.392. The number of sulfone groups is 1. The average molecular weight is 305 g/mol. The van der Waals surface area contributed by atoms with E-state index in [-0.39, 0.29) is 22.2 Å². The first-order valence-electron chi connectivity index (χ1n) is 5.63. The van der Waals surface area contributed by atoms with Crippen LogP contribution in [0.25, 0.3) is 0 Å². The van der Waals surface area contributed by atoms with Crippen LogP contribution in [0.15, 0.2) is 23.4 Å². The maximum absolute atomic E-state index is 12.3. The largest absolute Gasteiger partial charge is 0.396 e. The van der Waals surface area contributed by atoms with E-state index in [0.29, 0.717) is 6.42 Å². The smallest absolute Gasteiger partial charge is 0.262 e. The first kappa shape index (κ1) is 14.2. The number of nitrogens with two attached hydrogens (primary N) is 1. The summed E-state index contributed by atoms with van der Waals surface area (Å²) < 4.78 is 48.6. The third kappa shape index (κ3) is 2.72. The summed E-state index contributed by atoms with van der Waals surface area (Å²) in [6, 6.07) is 2.42. The molecule has 0 aromatic carbocycles. The molecule has 0 spiro atoms. The zero-order valence-corrected chi connectivity index (χ0v) is 12.0. The van der Waals surface area contributed by atoms with Gasteiger partial charge in [0, 0.05) is 19.3 Å². The van der Waals surface area contributed by atoms with Gasteiger partial charge in [-0.3, -0.25) is 0 Å². The minimum absolute atomic E-state index is 0.00915. The van der Waals surface area contributed by atoms with Crippen LogP contribution in [0.5, 0.6) is 0 Å². The van der Waals surface area contributed by atoms with Gasteiger partial charge in [0.15, 0.2) is 14.9 Å². The Morgan fingerprint density at radius 3 is 2.68 bits per heavy atom. The van der Waals surface area contributed by atoms with Crippen LogP contribution in [-0.4, -0.2) is 50.7 Å². The Labute approximate surface area is 112 Å². The highest BCUT2D eigenvalue weighted by molar-refractivity contribution is 7.92. The lowest BCUT2D eigenvalue weighted by Gasteiger charge is -2.22. The Bertz CT molecular complexity index is 684. The Balaban J connectivity index is 2.34. The van der Waals surface area contributed by atoms with Crippen molar-refractivity contribution < 1.29 is 16.8 Å². The number of nitrogens with zero attached hydrogens (tertiary/aromatic N) is 2. The summed E-state index contributed by atoms with van der Waals surface area (Å²) in [4.78, 5) is 3.77. The molecule has 9 heteroatoms. The summed E-state index contributed by atoms with van der Waals surface area (Å²) in [7, 11) is -5.67. The quantitative estimate of drug-likeness (QED) is 0.804. The standard InChI is InChI=1S/C10H15N3O4S2/c1-13(8-4-6-18(14,15)7-8)19(16,17)10-9(11)3-2-5-12-10/h2-3,5,8H,4,6-7,11H2,1H3. The van der Waals surface area contributed by atoms with Gasteiger partial charge < -0.3 is 5.73 Å². The second-order valence-electron chi connectivity index (χ2n) is 4.48. The minimum Gasteiger partial charge on any atom is -0.396 e. The van der Waals surface area contributed by atoms with Gasteiger partial charge in [-0.2, -0.15) is 4.31 Å². The summed E-state index contributed by atoms with van der Waals surface area (Å²) >= 11 is 0. The van der Waals surface area contributed by atoms with Crippen molar-refractivity contribution in [3.8, 4) is 0 Å². The minimum atomic E-state index is -3.87. The Morgan fingerprint density at radius 1 is 1.47 bits per heavy atom. The number of aromatic nitrogens is 1. The van der Waals surface area contributed by atoms with Crippen molar-refractivity contribution in [2.45, 2.75) is 17.5 Å². The van der Waals surface area contributed by atoms with Crippen LogP contribution in [0.4, 0.5) is 5.69 Å². The maximum atomic E-state index is 12.3. The number of hydrogen-bond acceptors (Lipinski definition) is 6. The fraction of sp³-hybridized carbons (Fsp3) is 0.500. The zero-order valence-electron chi connectivity index (χ0n) is 10.4. The van der Waals surface area contributed by atoms with Gasteiger partial charge in [0.25, 0.3) is 10.0 Å². The molecule has 2 rings (SSSR count). The number of nitrogen functional groups attached to an aromatic ring is 1. The molecular weight excluding hydrogens is 290 g/mol. The number of rotatable bonds is 3. The number of anilines is 1. The van der Waals surface area contributed by atoms with E-state index in [4.69, 9.17) is 5.73 Å². The molecule has 1 saturated heterocycles. The summed E-state index contributed by atoms with van der Waals surface area (Å²) in [6.45, 7) is 0. The van der Waals surface area contributed by atoms with Gasteiger partial charge >= 0.3 is 0 Å². The first-order valence-corrected chi connectivity index (χ1v) is 8.89. The van der Waals surface area contributed by atoms with E-state index >= 15 is 0 Å². The van der Waals surface area contributed by atoms with Gasteiger partial charge in [-0.05, 0) is 18.6 Å². The fourth-order valence-corrected chi connectivity index (χ4v) is 5.29. The molecular formula is C10H15N3O4S2. The molecule has 0 amide bonds. The Morgan fingerprint density at radius 2 is 2.16 bits per heavy atom. The van der Waals surface area contributed by atoms with Crippen molar-refractivity contribution in [2.75, 3.05) is 24.3 Å². The van der Waals surface area contributed by atoms with Crippen molar-refractivity contribution in [3.63, 3.8) is 0 Å². The first-order chi connectivity index (χ1) is 8.74. The normalized spacial score (nSPS) is 22.7. The molecule has 19 heavy (non-hydrogen) atoms. The molecule has 106 valence electrons. The molecule has 1 aromatic heterocycles. The predicted molar refractivity (Wildman–Crippen MR) is 70.7 cm³/mol. The Kier molecular flexibility index (Phi) is 3.54. The molecule has 2 N–H and O–H groups in total. The topological polar surface area (TPSA) is 110 Å². The van der Waals surface area contributed by atoms with E-state index < -0.39 is 25.9 Å².